The van der Waals surface area contributed by atoms with Crippen LogP contribution in [-0.2, 0) is 4.74 Å². The summed E-state index contributed by atoms with van der Waals surface area (Å²) >= 11 is 0. The van der Waals surface area contributed by atoms with Crippen LogP contribution < -0.4 is 16.0 Å². The predicted molar refractivity (Wildman–Crippen MR) is 91.8 cm³/mol. The topological polar surface area (TPSA) is 92.4 Å². The lowest BCUT2D eigenvalue weighted by Crippen LogP contribution is -2.56. The van der Waals surface area contributed by atoms with Gasteiger partial charge in [-0.25, -0.2) is 9.59 Å². The number of nitrogens with zero attached hydrogens (tertiary/aromatic N) is 1. The van der Waals surface area contributed by atoms with Crippen LogP contribution >= 0.6 is 0 Å². The summed E-state index contributed by atoms with van der Waals surface area (Å²) in [7, 11) is 0. The van der Waals surface area contributed by atoms with Gasteiger partial charge in [-0.2, -0.15) is 0 Å². The number of urea groups is 1. The third kappa shape index (κ3) is 5.72. The van der Waals surface area contributed by atoms with Crippen molar-refractivity contribution in [3.63, 3.8) is 0 Å². The smallest absolute Gasteiger partial charge is 0.407 e. The summed E-state index contributed by atoms with van der Waals surface area (Å²) < 4.78 is 5.25. The molecule has 1 fully saturated rings. The molecule has 1 heterocycles. The van der Waals surface area contributed by atoms with Crippen LogP contribution in [0.5, 0.6) is 0 Å². The number of hydrogen-bond acceptors (Lipinski definition) is 4. The fraction of sp³-hybridized carbons (Fsp3) is 0.588. The molecule has 0 spiro atoms. The minimum atomic E-state index is -0.549. The van der Waals surface area contributed by atoms with Crippen molar-refractivity contribution in [2.24, 2.45) is 5.92 Å². The molecule has 1 aliphatic carbocycles. The molecule has 1 saturated carbocycles. The van der Waals surface area contributed by atoms with Crippen LogP contribution in [0, 0.1) is 5.92 Å². The number of hydrogen-bond donors (Lipinski definition) is 3. The molecular formula is C17H26N4O3. The van der Waals surface area contributed by atoms with E-state index in [1.165, 1.54) is 0 Å². The van der Waals surface area contributed by atoms with Gasteiger partial charge in [0.2, 0.25) is 0 Å². The lowest BCUT2D eigenvalue weighted by molar-refractivity contribution is 0.0509. The number of carbonyl (C=O) groups is 2. The van der Waals surface area contributed by atoms with Crippen molar-refractivity contribution in [1.29, 1.82) is 0 Å². The Morgan fingerprint density at radius 1 is 1.21 bits per heavy atom. The summed E-state index contributed by atoms with van der Waals surface area (Å²) in [5, 5.41) is 8.51. The van der Waals surface area contributed by atoms with Crippen molar-refractivity contribution in [2.45, 2.75) is 51.7 Å². The molecule has 1 atom stereocenters. The molecule has 0 radical (unpaired) electrons. The van der Waals surface area contributed by atoms with Crippen LogP contribution in [-0.4, -0.2) is 34.8 Å². The number of rotatable bonds is 5. The van der Waals surface area contributed by atoms with Gasteiger partial charge < -0.3 is 20.7 Å². The molecule has 1 aromatic heterocycles. The molecule has 0 aliphatic heterocycles. The molecule has 132 valence electrons. The van der Waals surface area contributed by atoms with E-state index in [1.807, 2.05) is 27.7 Å². The number of carbonyl (C=O) groups excluding carboxylic acids is 2. The van der Waals surface area contributed by atoms with Crippen LogP contribution in [0.1, 0.15) is 40.5 Å². The summed E-state index contributed by atoms with van der Waals surface area (Å²) in [5.41, 5.74) is -0.402. The van der Waals surface area contributed by atoms with E-state index in [4.69, 9.17) is 4.74 Å². The molecule has 1 aliphatic rings. The van der Waals surface area contributed by atoms with E-state index in [1.54, 1.807) is 24.5 Å². The lowest BCUT2D eigenvalue weighted by atomic mass is 9.96. The van der Waals surface area contributed by atoms with E-state index < -0.39 is 17.2 Å². The van der Waals surface area contributed by atoms with Crippen LogP contribution in [0.4, 0.5) is 15.3 Å². The summed E-state index contributed by atoms with van der Waals surface area (Å²) in [6.45, 7) is 7.69. The summed E-state index contributed by atoms with van der Waals surface area (Å²) in [5.74, 6) is 0.343. The average Bonchev–Trinajstić information content (AvgIpc) is 3.29. The molecule has 1 aromatic rings. The zero-order valence-electron chi connectivity index (χ0n) is 14.7. The minimum absolute atomic E-state index is 0.304. The molecule has 7 heteroatoms. The second-order valence-electron chi connectivity index (χ2n) is 7.36. The second kappa shape index (κ2) is 7.07. The largest absolute Gasteiger partial charge is 0.444 e. The van der Waals surface area contributed by atoms with E-state index in [9.17, 15) is 9.59 Å². The maximum Gasteiger partial charge on any atom is 0.407 e. The maximum absolute atomic E-state index is 12.2. The highest BCUT2D eigenvalue weighted by atomic mass is 16.6. The zero-order valence-corrected chi connectivity index (χ0v) is 14.7. The van der Waals surface area contributed by atoms with Crippen molar-refractivity contribution < 1.29 is 14.3 Å². The molecule has 0 bridgehead atoms. The fourth-order valence-corrected chi connectivity index (χ4v) is 2.44. The minimum Gasteiger partial charge on any atom is -0.444 e. The summed E-state index contributed by atoms with van der Waals surface area (Å²) in [6.07, 6.45) is 4.80. The fourth-order valence-electron chi connectivity index (χ4n) is 2.44. The standard InChI is InChI=1S/C17H26N4O3/c1-16(2,3)24-15(23)19-11-17(4,12-5-6-12)21-14(22)20-13-7-9-18-10-8-13/h7-10,12H,5-6,11H2,1-4H3,(H,19,23)(H2,18,20,21,22)/t17-/m0/s1. The third-order valence-electron chi connectivity index (χ3n) is 3.81. The van der Waals surface area contributed by atoms with Gasteiger partial charge in [-0.3, -0.25) is 4.98 Å². The van der Waals surface area contributed by atoms with Gasteiger partial charge in [-0.1, -0.05) is 0 Å². The summed E-state index contributed by atoms with van der Waals surface area (Å²) in [4.78, 5) is 28.0. The number of anilines is 1. The second-order valence-corrected chi connectivity index (χ2v) is 7.36. The van der Waals surface area contributed by atoms with Crippen molar-refractivity contribution in [3.05, 3.63) is 24.5 Å². The van der Waals surface area contributed by atoms with Crippen molar-refractivity contribution in [1.82, 2.24) is 15.6 Å². The number of pyridine rings is 1. The van der Waals surface area contributed by atoms with Gasteiger partial charge in [-0.05, 0) is 58.6 Å². The van der Waals surface area contributed by atoms with Gasteiger partial charge in [0.15, 0.2) is 0 Å². The van der Waals surface area contributed by atoms with E-state index >= 15 is 0 Å². The average molecular weight is 334 g/mol. The Morgan fingerprint density at radius 2 is 1.83 bits per heavy atom. The van der Waals surface area contributed by atoms with Crippen LogP contribution in [0.2, 0.25) is 0 Å². The number of alkyl carbamates (subject to hydrolysis) is 1. The highest BCUT2D eigenvalue weighted by Gasteiger charge is 2.43. The van der Waals surface area contributed by atoms with Gasteiger partial charge in [0.1, 0.15) is 5.60 Å². The van der Waals surface area contributed by atoms with E-state index in [2.05, 4.69) is 20.9 Å². The molecule has 7 nitrogen and oxygen atoms in total. The molecule has 3 N–H and O–H groups in total. The SMILES string of the molecule is CC(C)(C)OC(=O)NC[C@](C)(NC(=O)Nc1ccncc1)C1CC1. The van der Waals surface area contributed by atoms with Crippen molar-refractivity contribution in [3.8, 4) is 0 Å². The van der Waals surface area contributed by atoms with Crippen LogP contribution in [0.25, 0.3) is 0 Å². The zero-order chi connectivity index (χ0) is 17.8. The van der Waals surface area contributed by atoms with Crippen LogP contribution in [0.15, 0.2) is 24.5 Å². The number of nitrogens with one attached hydrogen (secondary N) is 3. The van der Waals surface area contributed by atoms with E-state index in [0.717, 1.165) is 12.8 Å². The number of aromatic nitrogens is 1. The number of ether oxygens (including phenoxy) is 1. The Labute approximate surface area is 142 Å². The Bertz CT molecular complexity index is 581. The Kier molecular flexibility index (Phi) is 5.31. The molecule has 0 unspecified atom stereocenters. The molecule has 2 rings (SSSR count). The lowest BCUT2D eigenvalue weighted by Gasteiger charge is -2.32. The normalized spacial score (nSPS) is 16.7. The molecule has 24 heavy (non-hydrogen) atoms. The number of amides is 3. The highest BCUT2D eigenvalue weighted by molar-refractivity contribution is 5.89. The van der Waals surface area contributed by atoms with Gasteiger partial charge >= 0.3 is 12.1 Å². The molecular weight excluding hydrogens is 308 g/mol. The third-order valence-corrected chi connectivity index (χ3v) is 3.81. The van der Waals surface area contributed by atoms with Gasteiger partial charge in [0.05, 0.1) is 5.54 Å². The Hall–Kier alpha value is -2.31. The van der Waals surface area contributed by atoms with Gasteiger partial charge in [-0.15, -0.1) is 0 Å². The van der Waals surface area contributed by atoms with Crippen LogP contribution in [0.3, 0.4) is 0 Å². The molecule has 0 saturated heterocycles. The van der Waals surface area contributed by atoms with Gasteiger partial charge in [0, 0.05) is 24.6 Å². The first-order valence-corrected chi connectivity index (χ1v) is 8.14. The highest BCUT2D eigenvalue weighted by Crippen LogP contribution is 2.39. The molecule has 0 aromatic carbocycles. The summed E-state index contributed by atoms with van der Waals surface area (Å²) in [6, 6.07) is 3.13. The van der Waals surface area contributed by atoms with Crippen molar-refractivity contribution >= 4 is 17.8 Å². The maximum atomic E-state index is 12.2. The quantitative estimate of drug-likeness (QED) is 0.772. The Morgan fingerprint density at radius 3 is 2.38 bits per heavy atom. The first kappa shape index (κ1) is 18.0. The van der Waals surface area contributed by atoms with Crippen molar-refractivity contribution in [2.75, 3.05) is 11.9 Å². The first-order chi connectivity index (χ1) is 11.2. The van der Waals surface area contributed by atoms with Gasteiger partial charge in [0.25, 0.3) is 0 Å². The van der Waals surface area contributed by atoms with E-state index in [-0.39, 0.29) is 6.03 Å². The monoisotopic (exact) mass is 334 g/mol. The predicted octanol–water partition coefficient (Wildman–Crippen LogP) is 2.90. The van der Waals surface area contributed by atoms with E-state index in [0.29, 0.717) is 18.2 Å². The Balaban J connectivity index is 1.90. The molecule has 3 amide bonds. The first-order valence-electron chi connectivity index (χ1n) is 8.14.